The topological polar surface area (TPSA) is 54.7 Å². The molecule has 1 unspecified atom stereocenters. The molecule has 2 aliphatic rings. The Balaban J connectivity index is 1.43. The molecule has 1 aromatic carbocycles. The molecule has 4 rings (SSSR count). The Morgan fingerprint density at radius 1 is 1.17 bits per heavy atom. The van der Waals surface area contributed by atoms with E-state index >= 15 is 0 Å². The summed E-state index contributed by atoms with van der Waals surface area (Å²) in [6, 6.07) is 12.8. The molecule has 0 radical (unpaired) electrons. The Morgan fingerprint density at radius 2 is 2.04 bits per heavy atom. The number of likely N-dealkylation sites (tertiary alicyclic amines) is 1. The fourth-order valence-corrected chi connectivity index (χ4v) is 3.50. The van der Waals surface area contributed by atoms with Crippen molar-refractivity contribution in [3.8, 4) is 11.7 Å². The molecular weight excluding hydrogens is 292 g/mol. The average Bonchev–Trinajstić information content (AvgIpc) is 3.31. The van der Waals surface area contributed by atoms with E-state index in [9.17, 15) is 4.79 Å². The zero-order valence-electron chi connectivity index (χ0n) is 13.0. The minimum absolute atomic E-state index is 0.0447. The number of carbonyl (C=O) groups is 1. The first kappa shape index (κ1) is 14.3. The lowest BCUT2D eigenvalue weighted by Gasteiger charge is -2.22. The molecule has 1 aromatic heterocycles. The molecule has 1 spiro atoms. The fourth-order valence-electron chi connectivity index (χ4n) is 3.50. The first-order valence-electron chi connectivity index (χ1n) is 8.07. The van der Waals surface area contributed by atoms with E-state index in [1.807, 2.05) is 35.2 Å². The van der Waals surface area contributed by atoms with Crippen LogP contribution in [0.3, 0.4) is 0 Å². The number of ether oxygens (including phenoxy) is 1. The van der Waals surface area contributed by atoms with Gasteiger partial charge in [0.05, 0.1) is 0 Å². The molecule has 23 heavy (non-hydrogen) atoms. The van der Waals surface area contributed by atoms with Gasteiger partial charge >= 0.3 is 0 Å². The summed E-state index contributed by atoms with van der Waals surface area (Å²) in [7, 11) is 0. The van der Waals surface area contributed by atoms with Gasteiger partial charge in [-0.15, -0.1) is 0 Å². The number of rotatable bonds is 3. The molecule has 2 aliphatic heterocycles. The maximum Gasteiger partial charge on any atom is 0.290 e. The number of para-hydroxylation sites is 1. The largest absolute Gasteiger partial charge is 0.426 e. The minimum Gasteiger partial charge on any atom is -0.426 e. The zero-order valence-corrected chi connectivity index (χ0v) is 13.0. The van der Waals surface area contributed by atoms with Crippen LogP contribution < -0.4 is 10.1 Å². The Morgan fingerprint density at radius 3 is 2.83 bits per heavy atom. The van der Waals surface area contributed by atoms with Gasteiger partial charge < -0.3 is 19.4 Å². The number of benzene rings is 1. The maximum absolute atomic E-state index is 12.6. The lowest BCUT2D eigenvalue weighted by atomic mass is 9.87. The van der Waals surface area contributed by atoms with Crippen LogP contribution in [-0.2, 0) is 0 Å². The van der Waals surface area contributed by atoms with E-state index < -0.39 is 0 Å². The highest BCUT2D eigenvalue weighted by Gasteiger charge is 2.42. The first-order valence-corrected chi connectivity index (χ1v) is 8.07. The van der Waals surface area contributed by atoms with E-state index in [1.54, 1.807) is 12.1 Å². The Hall–Kier alpha value is -2.27. The molecule has 1 amide bonds. The van der Waals surface area contributed by atoms with Gasteiger partial charge in [-0.2, -0.15) is 0 Å². The van der Waals surface area contributed by atoms with Crippen LogP contribution in [0.25, 0.3) is 0 Å². The number of carbonyl (C=O) groups excluding carboxylic acids is 1. The third-order valence-corrected chi connectivity index (χ3v) is 4.81. The maximum atomic E-state index is 12.6. The van der Waals surface area contributed by atoms with Crippen molar-refractivity contribution in [1.29, 1.82) is 0 Å². The number of nitrogens with one attached hydrogen (secondary N) is 1. The lowest BCUT2D eigenvalue weighted by Crippen LogP contribution is -2.33. The quantitative estimate of drug-likeness (QED) is 0.947. The van der Waals surface area contributed by atoms with Crippen LogP contribution in [0, 0.1) is 5.41 Å². The standard InChI is InChI=1S/C18H20N2O3/c21-17(20-11-9-18(13-20)8-10-19-12-18)15-6-7-16(23-15)22-14-4-2-1-3-5-14/h1-7,19H,8-13H2. The molecule has 5 nitrogen and oxygen atoms in total. The smallest absolute Gasteiger partial charge is 0.290 e. The van der Waals surface area contributed by atoms with Crippen LogP contribution >= 0.6 is 0 Å². The summed E-state index contributed by atoms with van der Waals surface area (Å²) in [6.45, 7) is 3.68. The molecule has 120 valence electrons. The van der Waals surface area contributed by atoms with Crippen LogP contribution in [0.1, 0.15) is 23.4 Å². The summed E-state index contributed by atoms with van der Waals surface area (Å²) in [4.78, 5) is 14.5. The Bertz CT molecular complexity index is 689. The molecule has 1 N–H and O–H groups in total. The van der Waals surface area contributed by atoms with Gasteiger partial charge in [-0.05, 0) is 37.6 Å². The summed E-state index contributed by atoms with van der Waals surface area (Å²) in [5.41, 5.74) is 0.269. The number of nitrogens with zero attached hydrogens (tertiary/aromatic N) is 1. The average molecular weight is 312 g/mol. The molecule has 2 aromatic rings. The summed E-state index contributed by atoms with van der Waals surface area (Å²) < 4.78 is 11.2. The number of hydrogen-bond donors (Lipinski definition) is 1. The summed E-state index contributed by atoms with van der Waals surface area (Å²) in [5.74, 6) is 1.34. The van der Waals surface area contributed by atoms with Gasteiger partial charge in [0.1, 0.15) is 5.75 Å². The van der Waals surface area contributed by atoms with E-state index in [0.29, 0.717) is 17.5 Å². The van der Waals surface area contributed by atoms with Crippen molar-refractivity contribution in [2.75, 3.05) is 26.2 Å². The Labute approximate surface area is 135 Å². The highest BCUT2D eigenvalue weighted by Crippen LogP contribution is 2.37. The van der Waals surface area contributed by atoms with Crippen LogP contribution in [0.15, 0.2) is 46.9 Å². The third-order valence-electron chi connectivity index (χ3n) is 4.81. The summed E-state index contributed by atoms with van der Waals surface area (Å²) in [5, 5.41) is 3.40. The molecule has 0 saturated carbocycles. The summed E-state index contributed by atoms with van der Waals surface area (Å²) in [6.07, 6.45) is 2.22. The van der Waals surface area contributed by atoms with Gasteiger partial charge in [-0.3, -0.25) is 4.79 Å². The van der Waals surface area contributed by atoms with Gasteiger partial charge in [0.25, 0.3) is 11.9 Å². The molecule has 1 atom stereocenters. The highest BCUT2D eigenvalue weighted by molar-refractivity contribution is 5.91. The fraction of sp³-hybridized carbons (Fsp3) is 0.389. The van der Waals surface area contributed by atoms with Crippen molar-refractivity contribution in [3.63, 3.8) is 0 Å². The van der Waals surface area contributed by atoms with Crippen LogP contribution in [0.4, 0.5) is 0 Å². The number of furan rings is 1. The monoisotopic (exact) mass is 312 g/mol. The predicted molar refractivity (Wildman–Crippen MR) is 85.7 cm³/mol. The normalized spacial score (nSPS) is 23.6. The summed E-state index contributed by atoms with van der Waals surface area (Å²) >= 11 is 0. The second kappa shape index (κ2) is 5.74. The van der Waals surface area contributed by atoms with Gasteiger partial charge in [0.15, 0.2) is 5.76 Å². The molecule has 5 heteroatoms. The van der Waals surface area contributed by atoms with Gasteiger partial charge in [-0.1, -0.05) is 18.2 Å². The lowest BCUT2D eigenvalue weighted by molar-refractivity contribution is 0.0739. The third kappa shape index (κ3) is 2.84. The second-order valence-electron chi connectivity index (χ2n) is 6.44. The molecule has 2 fully saturated rings. The second-order valence-corrected chi connectivity index (χ2v) is 6.44. The highest BCUT2D eigenvalue weighted by atomic mass is 16.6. The van der Waals surface area contributed by atoms with Crippen LogP contribution in [0.5, 0.6) is 11.7 Å². The predicted octanol–water partition coefficient (Wildman–Crippen LogP) is 2.90. The van der Waals surface area contributed by atoms with Gasteiger partial charge in [-0.25, -0.2) is 0 Å². The van der Waals surface area contributed by atoms with Crippen molar-refractivity contribution >= 4 is 5.91 Å². The van der Waals surface area contributed by atoms with Crippen molar-refractivity contribution < 1.29 is 13.9 Å². The van der Waals surface area contributed by atoms with Crippen LogP contribution in [-0.4, -0.2) is 37.0 Å². The van der Waals surface area contributed by atoms with E-state index in [-0.39, 0.29) is 11.3 Å². The zero-order chi connectivity index (χ0) is 15.7. The van der Waals surface area contributed by atoms with Crippen LogP contribution in [0.2, 0.25) is 0 Å². The molecule has 2 saturated heterocycles. The van der Waals surface area contributed by atoms with Crippen molar-refractivity contribution in [2.45, 2.75) is 12.8 Å². The minimum atomic E-state index is -0.0447. The molecule has 0 aliphatic carbocycles. The van der Waals surface area contributed by atoms with Crippen molar-refractivity contribution in [2.24, 2.45) is 5.41 Å². The van der Waals surface area contributed by atoms with Crippen molar-refractivity contribution in [3.05, 3.63) is 48.2 Å². The SMILES string of the molecule is O=C(c1ccc(Oc2ccccc2)o1)N1CCC2(CCNC2)C1. The van der Waals surface area contributed by atoms with Gasteiger partial charge in [0, 0.05) is 31.1 Å². The number of amides is 1. The Kier molecular flexibility index (Phi) is 3.58. The molecule has 3 heterocycles. The van der Waals surface area contributed by atoms with E-state index in [1.165, 1.54) is 0 Å². The molecular formula is C18H20N2O3. The first-order chi connectivity index (χ1) is 11.2. The number of hydrogen-bond acceptors (Lipinski definition) is 4. The van der Waals surface area contributed by atoms with Gasteiger partial charge in [0.2, 0.25) is 0 Å². The van der Waals surface area contributed by atoms with E-state index in [4.69, 9.17) is 9.15 Å². The molecule has 0 bridgehead atoms. The van der Waals surface area contributed by atoms with E-state index in [2.05, 4.69) is 5.32 Å². The van der Waals surface area contributed by atoms with Crippen molar-refractivity contribution in [1.82, 2.24) is 10.2 Å². The van der Waals surface area contributed by atoms with E-state index in [0.717, 1.165) is 39.0 Å².